The Kier molecular flexibility index (Phi) is 7.48. The third-order valence-electron chi connectivity index (χ3n) is 2.85. The molecule has 0 saturated carbocycles. The van der Waals surface area contributed by atoms with E-state index in [0.717, 1.165) is 11.3 Å². The van der Waals surface area contributed by atoms with Gasteiger partial charge in [-0.05, 0) is 6.92 Å². The molecule has 2 N–H and O–H groups in total. The van der Waals surface area contributed by atoms with Crippen LogP contribution in [0.5, 0.6) is 11.5 Å². The van der Waals surface area contributed by atoms with Crippen LogP contribution in [0.4, 0.5) is 15.6 Å². The van der Waals surface area contributed by atoms with E-state index in [1.165, 1.54) is 26.0 Å². The van der Waals surface area contributed by atoms with E-state index in [1.807, 2.05) is 0 Å². The molecule has 0 bridgehead atoms. The molecule has 0 aliphatic heterocycles. The molecule has 0 unspecified atom stereocenters. The summed E-state index contributed by atoms with van der Waals surface area (Å²) in [7, 11) is 3.07. The number of hydrogen-bond acceptors (Lipinski definition) is 9. The van der Waals surface area contributed by atoms with Gasteiger partial charge in [0, 0.05) is 23.9 Å². The minimum Gasteiger partial charge on any atom is -0.497 e. The molecular weight excluding hydrogens is 380 g/mol. The first-order valence-corrected chi connectivity index (χ1v) is 9.27. The molecule has 140 valence electrons. The van der Waals surface area contributed by atoms with E-state index in [9.17, 15) is 9.59 Å². The van der Waals surface area contributed by atoms with Gasteiger partial charge in [-0.2, -0.15) is 0 Å². The van der Waals surface area contributed by atoms with Crippen LogP contribution in [0.3, 0.4) is 0 Å². The van der Waals surface area contributed by atoms with Crippen molar-refractivity contribution in [2.75, 3.05) is 37.2 Å². The molecule has 0 fully saturated rings. The zero-order chi connectivity index (χ0) is 18.9. The van der Waals surface area contributed by atoms with Gasteiger partial charge in [-0.25, -0.2) is 4.79 Å². The highest BCUT2D eigenvalue weighted by Gasteiger charge is 2.11. The van der Waals surface area contributed by atoms with Crippen LogP contribution in [0.2, 0.25) is 0 Å². The van der Waals surface area contributed by atoms with Crippen LogP contribution in [0.25, 0.3) is 0 Å². The summed E-state index contributed by atoms with van der Waals surface area (Å²) in [5.41, 5.74) is 0.564. The van der Waals surface area contributed by atoms with Crippen molar-refractivity contribution in [1.82, 2.24) is 10.2 Å². The Labute approximate surface area is 158 Å². The molecule has 2 amide bonds. The molecule has 1 aromatic heterocycles. The Morgan fingerprint density at radius 3 is 2.42 bits per heavy atom. The van der Waals surface area contributed by atoms with Gasteiger partial charge < -0.3 is 19.5 Å². The number of ether oxygens (including phenoxy) is 3. The van der Waals surface area contributed by atoms with Crippen molar-refractivity contribution in [2.45, 2.75) is 11.3 Å². The fraction of sp³-hybridized carbons (Fsp3) is 0.333. The summed E-state index contributed by atoms with van der Waals surface area (Å²) in [6, 6.07) is 5.10. The van der Waals surface area contributed by atoms with Crippen molar-refractivity contribution < 1.29 is 23.8 Å². The van der Waals surface area contributed by atoms with E-state index in [4.69, 9.17) is 14.2 Å². The lowest BCUT2D eigenvalue weighted by Gasteiger charge is -2.09. The summed E-state index contributed by atoms with van der Waals surface area (Å²) in [6.07, 6.45) is -0.593. The summed E-state index contributed by atoms with van der Waals surface area (Å²) in [4.78, 5) is 23.4. The number of benzene rings is 1. The van der Waals surface area contributed by atoms with Gasteiger partial charge in [0.25, 0.3) is 0 Å². The van der Waals surface area contributed by atoms with E-state index < -0.39 is 6.09 Å². The first-order valence-electron chi connectivity index (χ1n) is 7.47. The van der Waals surface area contributed by atoms with Gasteiger partial charge in [-0.1, -0.05) is 23.1 Å². The van der Waals surface area contributed by atoms with Gasteiger partial charge in [0.1, 0.15) is 11.5 Å². The van der Waals surface area contributed by atoms with Crippen molar-refractivity contribution in [3.63, 3.8) is 0 Å². The molecule has 1 heterocycles. The largest absolute Gasteiger partial charge is 0.497 e. The quantitative estimate of drug-likeness (QED) is 0.516. The van der Waals surface area contributed by atoms with Crippen molar-refractivity contribution in [3.05, 3.63) is 18.2 Å². The molecule has 11 heteroatoms. The summed E-state index contributed by atoms with van der Waals surface area (Å²) in [6.45, 7) is 1.97. The van der Waals surface area contributed by atoms with Gasteiger partial charge >= 0.3 is 6.09 Å². The lowest BCUT2D eigenvalue weighted by molar-refractivity contribution is -0.113. The first kappa shape index (κ1) is 19.8. The highest BCUT2D eigenvalue weighted by molar-refractivity contribution is 8.01. The zero-order valence-corrected chi connectivity index (χ0v) is 16.0. The molecule has 0 atom stereocenters. The van der Waals surface area contributed by atoms with Gasteiger partial charge in [-0.3, -0.25) is 10.1 Å². The minimum absolute atomic E-state index is 0.133. The Hall–Kier alpha value is -2.53. The van der Waals surface area contributed by atoms with E-state index in [-0.39, 0.29) is 18.3 Å². The second kappa shape index (κ2) is 9.82. The zero-order valence-electron chi connectivity index (χ0n) is 14.4. The molecule has 9 nitrogen and oxygen atoms in total. The predicted molar refractivity (Wildman–Crippen MR) is 99.5 cm³/mol. The van der Waals surface area contributed by atoms with Crippen LogP contribution < -0.4 is 20.1 Å². The standard InChI is InChI=1S/C15H18N4O5S2/c1-4-24-14(21)17-13-18-19-15(26-13)25-8-12(20)16-9-5-10(22-2)7-11(6-9)23-3/h5-7H,4,8H2,1-3H3,(H,16,20)(H,17,18,21). The van der Waals surface area contributed by atoms with Crippen molar-refractivity contribution in [3.8, 4) is 11.5 Å². The van der Waals surface area contributed by atoms with Crippen LogP contribution in [-0.4, -0.2) is 48.8 Å². The SMILES string of the molecule is CCOC(=O)Nc1nnc(SCC(=O)Nc2cc(OC)cc(OC)c2)s1. The number of aromatic nitrogens is 2. The van der Waals surface area contributed by atoms with E-state index in [0.29, 0.717) is 26.7 Å². The lowest BCUT2D eigenvalue weighted by Crippen LogP contribution is -2.14. The maximum absolute atomic E-state index is 12.1. The fourth-order valence-corrected chi connectivity index (χ4v) is 3.31. The molecule has 0 spiro atoms. The monoisotopic (exact) mass is 398 g/mol. The summed E-state index contributed by atoms with van der Waals surface area (Å²) >= 11 is 2.36. The Bertz CT molecular complexity index is 746. The van der Waals surface area contributed by atoms with Crippen LogP contribution in [0.15, 0.2) is 22.5 Å². The molecular formula is C15H18N4O5S2. The second-order valence-corrected chi connectivity index (χ2v) is 6.86. The Morgan fingerprint density at radius 1 is 1.12 bits per heavy atom. The third-order valence-corrected chi connectivity index (χ3v) is 4.82. The summed E-state index contributed by atoms with van der Waals surface area (Å²) < 4.78 is 15.6. The number of nitrogens with zero attached hydrogens (tertiary/aromatic N) is 2. The molecule has 1 aromatic carbocycles. The molecule has 2 rings (SSSR count). The number of anilines is 2. The van der Waals surface area contributed by atoms with Crippen molar-refractivity contribution in [2.24, 2.45) is 0 Å². The summed E-state index contributed by atoms with van der Waals surface area (Å²) in [5.74, 6) is 1.06. The number of methoxy groups -OCH3 is 2. The maximum Gasteiger partial charge on any atom is 0.413 e. The number of hydrogen-bond donors (Lipinski definition) is 2. The van der Waals surface area contributed by atoms with E-state index in [2.05, 4.69) is 20.8 Å². The van der Waals surface area contributed by atoms with Crippen LogP contribution in [0.1, 0.15) is 6.92 Å². The number of thioether (sulfide) groups is 1. The lowest BCUT2D eigenvalue weighted by atomic mass is 10.2. The van der Waals surface area contributed by atoms with Crippen LogP contribution in [-0.2, 0) is 9.53 Å². The summed E-state index contributed by atoms with van der Waals surface area (Å²) in [5, 5.41) is 13.3. The number of carbonyl (C=O) groups is 2. The van der Waals surface area contributed by atoms with Crippen LogP contribution >= 0.6 is 23.1 Å². The van der Waals surface area contributed by atoms with Gasteiger partial charge in [0.05, 0.1) is 26.6 Å². The average molecular weight is 398 g/mol. The molecule has 0 aliphatic rings. The van der Waals surface area contributed by atoms with E-state index >= 15 is 0 Å². The molecule has 0 aliphatic carbocycles. The average Bonchev–Trinajstić information content (AvgIpc) is 3.07. The van der Waals surface area contributed by atoms with Crippen LogP contribution in [0, 0.1) is 0 Å². The topological polar surface area (TPSA) is 112 Å². The number of amides is 2. The fourth-order valence-electron chi connectivity index (χ4n) is 1.78. The minimum atomic E-state index is -0.593. The third kappa shape index (κ3) is 6.08. The molecule has 0 saturated heterocycles. The number of rotatable bonds is 8. The Morgan fingerprint density at radius 2 is 1.81 bits per heavy atom. The van der Waals surface area contributed by atoms with Gasteiger partial charge in [0.15, 0.2) is 4.34 Å². The van der Waals surface area contributed by atoms with Gasteiger partial charge in [-0.15, -0.1) is 10.2 Å². The highest BCUT2D eigenvalue weighted by Crippen LogP contribution is 2.27. The van der Waals surface area contributed by atoms with Gasteiger partial charge in [0.2, 0.25) is 11.0 Å². The smallest absolute Gasteiger partial charge is 0.413 e. The van der Waals surface area contributed by atoms with E-state index in [1.54, 1.807) is 25.1 Å². The maximum atomic E-state index is 12.1. The first-order chi connectivity index (χ1) is 12.5. The Balaban J connectivity index is 1.87. The van der Waals surface area contributed by atoms with Crippen molar-refractivity contribution >= 4 is 45.9 Å². The predicted octanol–water partition coefficient (Wildman–Crippen LogP) is 2.85. The molecule has 0 radical (unpaired) electrons. The number of carbonyl (C=O) groups excluding carboxylic acids is 2. The van der Waals surface area contributed by atoms with Crippen molar-refractivity contribution in [1.29, 1.82) is 0 Å². The molecule has 2 aromatic rings. The highest BCUT2D eigenvalue weighted by atomic mass is 32.2. The normalized spacial score (nSPS) is 10.1. The number of nitrogens with one attached hydrogen (secondary N) is 2. The second-order valence-electron chi connectivity index (χ2n) is 4.66. The molecule has 26 heavy (non-hydrogen) atoms.